The number of aromatic amines is 1. The standard InChI is InChI=1S/C32H34F3N9O6/c1-4-19-25(41-9-11-42(12-10-41)29(48)23-20(45)6-8-37-28(23)50-3)26(47)24-27(40-44(39-24)18-5-7-36-22(13-18)49-2)43(19)14-21(46)38-31-15-30(16-31,17-31)32(33,34)35/h5-8,13H,4,9-12,14-17H2,1-3H3,(H,37,45)(H,38,46). The van der Waals surface area contributed by atoms with Gasteiger partial charge in [0.25, 0.3) is 5.91 Å². The molecule has 0 aromatic carbocycles. The molecule has 4 aromatic rings. The van der Waals surface area contributed by atoms with Crippen LogP contribution in [0.4, 0.5) is 18.9 Å². The minimum Gasteiger partial charge on any atom is -0.482 e. The number of anilines is 1. The SMILES string of the molecule is CCc1c(N2CCN(C(=O)c3c(OC)[nH]ccc3=O)CC2)c(=O)c2nn(-c3ccnc(OC)c3)nc2n1CC(=O)NC12CC(C(F)(F)F)(C1)C2. The van der Waals surface area contributed by atoms with Crippen LogP contribution in [0.3, 0.4) is 0 Å². The van der Waals surface area contributed by atoms with Gasteiger partial charge in [0.15, 0.2) is 16.6 Å². The molecule has 264 valence electrons. The first-order chi connectivity index (χ1) is 23.8. The van der Waals surface area contributed by atoms with Crippen molar-refractivity contribution in [3.05, 3.63) is 62.3 Å². The van der Waals surface area contributed by atoms with Gasteiger partial charge in [0, 0.05) is 61.9 Å². The van der Waals surface area contributed by atoms with E-state index in [2.05, 4.69) is 25.5 Å². The summed E-state index contributed by atoms with van der Waals surface area (Å²) in [5.41, 5.74) is -2.41. The lowest BCUT2D eigenvalue weighted by Crippen LogP contribution is -2.78. The molecular formula is C32H34F3N9O6. The average molecular weight is 698 g/mol. The number of fused-ring (bicyclic) bond motifs is 1. The minimum atomic E-state index is -4.32. The molecule has 4 fully saturated rings. The van der Waals surface area contributed by atoms with Crippen LogP contribution in [0, 0.1) is 5.41 Å². The summed E-state index contributed by atoms with van der Waals surface area (Å²) in [6.45, 7) is 2.28. The first-order valence-electron chi connectivity index (χ1n) is 16.0. The zero-order chi connectivity index (χ0) is 35.6. The number of aromatic nitrogens is 6. The lowest BCUT2D eigenvalue weighted by Gasteiger charge is -2.70. The molecule has 18 heteroatoms. The summed E-state index contributed by atoms with van der Waals surface area (Å²) >= 11 is 0. The van der Waals surface area contributed by atoms with Crippen molar-refractivity contribution in [2.24, 2.45) is 5.41 Å². The quantitative estimate of drug-likeness (QED) is 0.263. The number of carbonyl (C=O) groups is 2. The number of pyridine rings is 3. The number of methoxy groups -OCH3 is 2. The van der Waals surface area contributed by atoms with Crippen molar-refractivity contribution in [1.82, 2.24) is 39.7 Å². The number of piperazine rings is 1. The molecule has 2 amide bonds. The molecule has 0 spiro atoms. The van der Waals surface area contributed by atoms with Crippen molar-refractivity contribution in [3.63, 3.8) is 0 Å². The number of halogens is 3. The fourth-order valence-electron chi connectivity index (χ4n) is 7.55. The number of amides is 2. The first kappa shape index (κ1) is 33.1. The third-order valence-corrected chi connectivity index (χ3v) is 9.94. The molecule has 1 aliphatic heterocycles. The van der Waals surface area contributed by atoms with Crippen molar-refractivity contribution < 1.29 is 32.2 Å². The third kappa shape index (κ3) is 5.24. The molecule has 50 heavy (non-hydrogen) atoms. The Bertz CT molecular complexity index is 2110. The van der Waals surface area contributed by atoms with Crippen LogP contribution in [-0.2, 0) is 17.8 Å². The summed E-state index contributed by atoms with van der Waals surface area (Å²) in [7, 11) is 2.80. The van der Waals surface area contributed by atoms with Gasteiger partial charge in [0.05, 0.1) is 25.3 Å². The molecule has 15 nitrogen and oxygen atoms in total. The first-order valence-corrected chi connectivity index (χ1v) is 16.0. The summed E-state index contributed by atoms with van der Waals surface area (Å²) in [4.78, 5) is 65.1. The molecule has 3 aliphatic carbocycles. The summed E-state index contributed by atoms with van der Waals surface area (Å²) < 4.78 is 52.5. The lowest BCUT2D eigenvalue weighted by atomic mass is 9.39. The molecule has 2 N–H and O–H groups in total. The van der Waals surface area contributed by atoms with Crippen molar-refractivity contribution >= 4 is 28.7 Å². The molecule has 0 atom stereocenters. The second-order valence-electron chi connectivity index (χ2n) is 12.9. The summed E-state index contributed by atoms with van der Waals surface area (Å²) in [6.07, 6.45) is -1.64. The van der Waals surface area contributed by atoms with Crippen LogP contribution in [0.25, 0.3) is 16.9 Å². The highest BCUT2D eigenvalue weighted by Crippen LogP contribution is 2.73. The van der Waals surface area contributed by atoms with E-state index in [1.54, 1.807) is 16.7 Å². The van der Waals surface area contributed by atoms with Gasteiger partial charge in [-0.15, -0.1) is 15.0 Å². The predicted molar refractivity (Wildman–Crippen MR) is 172 cm³/mol. The van der Waals surface area contributed by atoms with E-state index >= 15 is 0 Å². The Kier molecular flexibility index (Phi) is 7.86. The van der Waals surface area contributed by atoms with Crippen molar-refractivity contribution in [2.45, 2.75) is 50.9 Å². The van der Waals surface area contributed by atoms with Crippen LogP contribution in [0.5, 0.6) is 11.8 Å². The van der Waals surface area contributed by atoms with E-state index in [1.807, 2.05) is 11.8 Å². The zero-order valence-corrected chi connectivity index (χ0v) is 27.5. The highest BCUT2D eigenvalue weighted by Gasteiger charge is 2.79. The number of hydrogen-bond donors (Lipinski definition) is 2. The number of carbonyl (C=O) groups excluding carboxylic acids is 2. The number of rotatable bonds is 9. The van der Waals surface area contributed by atoms with E-state index in [0.717, 1.165) is 0 Å². The molecule has 4 aliphatic rings. The zero-order valence-electron chi connectivity index (χ0n) is 27.5. The predicted octanol–water partition coefficient (Wildman–Crippen LogP) is 1.81. The largest absolute Gasteiger partial charge is 0.482 e. The van der Waals surface area contributed by atoms with Crippen LogP contribution < -0.4 is 30.5 Å². The second-order valence-corrected chi connectivity index (χ2v) is 12.9. The van der Waals surface area contributed by atoms with Gasteiger partial charge in [-0.05, 0) is 31.7 Å². The van der Waals surface area contributed by atoms with E-state index in [9.17, 15) is 32.3 Å². The molecule has 2 bridgehead atoms. The number of ether oxygens (including phenoxy) is 2. The number of H-pyrrole nitrogens is 1. The highest BCUT2D eigenvalue weighted by molar-refractivity contribution is 5.96. The maximum Gasteiger partial charge on any atom is 0.394 e. The summed E-state index contributed by atoms with van der Waals surface area (Å²) in [5, 5.41) is 11.9. The van der Waals surface area contributed by atoms with Crippen molar-refractivity contribution in [2.75, 3.05) is 45.3 Å². The van der Waals surface area contributed by atoms with Crippen molar-refractivity contribution in [3.8, 4) is 17.4 Å². The Labute approximate surface area is 282 Å². The van der Waals surface area contributed by atoms with Gasteiger partial charge in [0.1, 0.15) is 17.8 Å². The lowest BCUT2D eigenvalue weighted by molar-refractivity contribution is -0.337. The normalized spacial score (nSPS) is 21.4. The van der Waals surface area contributed by atoms with Gasteiger partial charge in [-0.1, -0.05) is 6.92 Å². The Hall–Kier alpha value is -5.42. The molecular weight excluding hydrogens is 663 g/mol. The molecule has 8 rings (SSSR count). The molecule has 5 heterocycles. The topological polar surface area (TPSA) is 170 Å². The smallest absolute Gasteiger partial charge is 0.394 e. The van der Waals surface area contributed by atoms with Gasteiger partial charge >= 0.3 is 6.18 Å². The van der Waals surface area contributed by atoms with E-state index < -0.39 is 39.8 Å². The highest BCUT2D eigenvalue weighted by atomic mass is 19.4. The van der Waals surface area contributed by atoms with Crippen LogP contribution in [-0.4, -0.2) is 98.4 Å². The van der Waals surface area contributed by atoms with Crippen molar-refractivity contribution in [1.29, 1.82) is 0 Å². The number of nitrogens with one attached hydrogen (secondary N) is 2. The molecule has 0 radical (unpaired) electrons. The van der Waals surface area contributed by atoms with Gasteiger partial charge < -0.3 is 34.1 Å². The fraction of sp³-hybridized carbons (Fsp3) is 0.469. The monoisotopic (exact) mass is 697 g/mol. The Morgan fingerprint density at radius 2 is 1.76 bits per heavy atom. The Morgan fingerprint density at radius 1 is 1.04 bits per heavy atom. The average Bonchev–Trinajstić information content (AvgIpc) is 3.52. The second kappa shape index (κ2) is 11.9. The molecule has 1 saturated heterocycles. The number of alkyl halides is 3. The van der Waals surface area contributed by atoms with E-state index in [4.69, 9.17) is 9.47 Å². The van der Waals surface area contributed by atoms with Crippen LogP contribution in [0.15, 0.2) is 40.2 Å². The third-order valence-electron chi connectivity index (χ3n) is 9.94. The van der Waals surface area contributed by atoms with E-state index in [-0.39, 0.29) is 86.2 Å². The van der Waals surface area contributed by atoms with Crippen LogP contribution >= 0.6 is 0 Å². The van der Waals surface area contributed by atoms with Crippen LogP contribution in [0.1, 0.15) is 42.2 Å². The Morgan fingerprint density at radius 3 is 2.40 bits per heavy atom. The fourth-order valence-corrected chi connectivity index (χ4v) is 7.55. The Balaban J connectivity index is 1.22. The molecule has 4 aromatic heterocycles. The van der Waals surface area contributed by atoms with Gasteiger partial charge in [-0.3, -0.25) is 19.2 Å². The summed E-state index contributed by atoms with van der Waals surface area (Å²) in [6, 6.07) is 4.43. The molecule has 3 saturated carbocycles. The van der Waals surface area contributed by atoms with Gasteiger partial charge in [-0.2, -0.15) is 13.2 Å². The van der Waals surface area contributed by atoms with E-state index in [0.29, 0.717) is 17.8 Å². The summed E-state index contributed by atoms with van der Waals surface area (Å²) in [5.74, 6) is -0.692. The number of hydrogen-bond acceptors (Lipinski definition) is 10. The minimum absolute atomic E-state index is 0.0265. The maximum absolute atomic E-state index is 14.2. The van der Waals surface area contributed by atoms with Gasteiger partial charge in [0.2, 0.25) is 23.1 Å². The molecule has 0 unspecified atom stereocenters. The van der Waals surface area contributed by atoms with E-state index in [1.165, 1.54) is 42.4 Å². The maximum atomic E-state index is 14.2. The van der Waals surface area contributed by atoms with Gasteiger partial charge in [-0.25, -0.2) is 4.98 Å². The number of nitrogens with zero attached hydrogens (tertiary/aromatic N) is 7. The van der Waals surface area contributed by atoms with Crippen LogP contribution in [0.2, 0.25) is 0 Å².